The summed E-state index contributed by atoms with van der Waals surface area (Å²) in [5, 5.41) is 8.76. The fourth-order valence-corrected chi connectivity index (χ4v) is 5.95. The van der Waals surface area contributed by atoms with Crippen molar-refractivity contribution < 1.29 is 24.2 Å². The minimum Gasteiger partial charge on any atom is -0.487 e. The third kappa shape index (κ3) is 5.61. The minimum atomic E-state index is -0.964. The number of hydrogen-bond acceptors (Lipinski definition) is 5. The number of imide groups is 1. The molecule has 2 aromatic carbocycles. The fourth-order valence-electron chi connectivity index (χ4n) is 2.89. The number of nitrogens with zero attached hydrogens (tertiary/aromatic N) is 1. The molecule has 0 saturated carbocycles. The molecule has 6 nitrogen and oxygen atoms in total. The lowest BCUT2D eigenvalue weighted by Crippen LogP contribution is -2.36. The first-order valence-electron chi connectivity index (χ1n) is 9.42. The average molecular weight is 663 g/mol. The number of carboxylic acids is 1. The van der Waals surface area contributed by atoms with Gasteiger partial charge in [0.15, 0.2) is 0 Å². The molecule has 162 valence electrons. The Labute approximate surface area is 211 Å². The Hall–Kier alpha value is -1.60. The van der Waals surface area contributed by atoms with Gasteiger partial charge in [-0.15, -0.1) is 0 Å². The Kier molecular flexibility index (Phi) is 8.03. The van der Waals surface area contributed by atoms with E-state index in [9.17, 15) is 14.4 Å². The topological polar surface area (TPSA) is 83.9 Å². The summed E-state index contributed by atoms with van der Waals surface area (Å²) >= 11 is 5.33. The molecular weight excluding hydrogens is 644 g/mol. The summed E-state index contributed by atoms with van der Waals surface area (Å²) in [6, 6.07) is 10.2. The molecule has 1 saturated heterocycles. The maximum Gasteiger partial charge on any atom is 0.335 e. The summed E-state index contributed by atoms with van der Waals surface area (Å²) in [7, 11) is 0. The Morgan fingerprint density at radius 3 is 2.35 bits per heavy atom. The van der Waals surface area contributed by atoms with E-state index in [0.717, 1.165) is 30.0 Å². The van der Waals surface area contributed by atoms with Gasteiger partial charge < -0.3 is 9.84 Å². The highest BCUT2D eigenvalue weighted by Gasteiger charge is 2.37. The minimum absolute atomic E-state index is 0.126. The Morgan fingerprint density at radius 2 is 1.81 bits per heavy atom. The second kappa shape index (κ2) is 10.3. The van der Waals surface area contributed by atoms with Crippen LogP contribution in [-0.4, -0.2) is 33.2 Å². The van der Waals surface area contributed by atoms with Crippen molar-refractivity contribution >= 4 is 80.1 Å². The molecule has 31 heavy (non-hydrogen) atoms. The predicted octanol–water partition coefficient (Wildman–Crippen LogP) is 6.01. The quantitative estimate of drug-likeness (QED) is 0.289. The van der Waals surface area contributed by atoms with Crippen LogP contribution in [0.1, 0.15) is 41.8 Å². The molecule has 2 aromatic rings. The smallest absolute Gasteiger partial charge is 0.335 e. The molecule has 2 amide bonds. The van der Waals surface area contributed by atoms with E-state index in [1.54, 1.807) is 30.3 Å². The average Bonchev–Trinajstić information content (AvgIpc) is 3.00. The van der Waals surface area contributed by atoms with Crippen molar-refractivity contribution in [3.63, 3.8) is 0 Å². The van der Waals surface area contributed by atoms with Crippen LogP contribution < -0.4 is 4.74 Å². The number of amides is 2. The van der Waals surface area contributed by atoms with Gasteiger partial charge in [-0.2, -0.15) is 0 Å². The van der Waals surface area contributed by atoms with E-state index in [2.05, 4.69) is 45.2 Å². The number of aromatic carboxylic acids is 1. The van der Waals surface area contributed by atoms with Gasteiger partial charge in [0, 0.05) is 6.04 Å². The van der Waals surface area contributed by atoms with Gasteiger partial charge in [0.1, 0.15) is 12.4 Å². The van der Waals surface area contributed by atoms with Crippen LogP contribution >= 0.6 is 56.9 Å². The molecule has 9 heteroatoms. The molecule has 1 fully saturated rings. The Bertz CT molecular complexity index is 1050. The zero-order valence-electron chi connectivity index (χ0n) is 16.7. The summed E-state index contributed by atoms with van der Waals surface area (Å²) in [4.78, 5) is 37.6. The number of rotatable bonds is 7. The zero-order chi connectivity index (χ0) is 22.7. The number of carbonyl (C=O) groups excluding carboxylic acids is 2. The lowest BCUT2D eigenvalue weighted by molar-refractivity contribution is -0.124. The number of thioether (sulfide) groups is 1. The normalized spacial score (nSPS) is 16.1. The van der Waals surface area contributed by atoms with Crippen LogP contribution in [0.3, 0.4) is 0 Å². The maximum atomic E-state index is 12.6. The SMILES string of the molecule is CC[C@H](C)N1C(=O)S/C(=C/c2cc(I)c(OCc3ccc(C(=O)O)cc3)c(I)c2)C1=O. The molecule has 0 unspecified atom stereocenters. The molecule has 1 aliphatic heterocycles. The van der Waals surface area contributed by atoms with Crippen LogP contribution in [-0.2, 0) is 11.4 Å². The summed E-state index contributed by atoms with van der Waals surface area (Å²) in [6.45, 7) is 4.12. The standard InChI is InChI=1S/C22H19I2NO5S/c1-3-12(2)25-20(26)18(31-22(25)29)10-14-8-16(23)19(17(24)9-14)30-11-13-4-6-15(7-5-13)21(27)28/h4-10,12H,3,11H2,1-2H3,(H,27,28)/b18-10+/t12-/m0/s1. The van der Waals surface area contributed by atoms with Gasteiger partial charge >= 0.3 is 5.97 Å². The van der Waals surface area contributed by atoms with Crippen molar-refractivity contribution in [3.8, 4) is 5.75 Å². The Balaban J connectivity index is 1.76. The van der Waals surface area contributed by atoms with E-state index in [1.807, 2.05) is 26.0 Å². The van der Waals surface area contributed by atoms with Crippen LogP contribution in [0.15, 0.2) is 41.3 Å². The van der Waals surface area contributed by atoms with Crippen molar-refractivity contribution in [2.45, 2.75) is 32.9 Å². The molecule has 0 radical (unpaired) electrons. The second-order valence-corrected chi connectivity index (χ2v) is 10.2. The van der Waals surface area contributed by atoms with E-state index in [-0.39, 0.29) is 22.8 Å². The fraction of sp³-hybridized carbons (Fsp3) is 0.227. The third-order valence-electron chi connectivity index (χ3n) is 4.76. The summed E-state index contributed by atoms with van der Waals surface area (Å²) < 4.78 is 7.71. The van der Waals surface area contributed by atoms with E-state index in [1.165, 1.54) is 4.90 Å². The molecule has 0 bridgehead atoms. The van der Waals surface area contributed by atoms with Gasteiger partial charge in [-0.05, 0) is 112 Å². The molecular formula is C22H19I2NO5S. The third-order valence-corrected chi connectivity index (χ3v) is 7.24. The molecule has 0 spiro atoms. The summed E-state index contributed by atoms with van der Waals surface area (Å²) in [6.07, 6.45) is 2.46. The van der Waals surface area contributed by atoms with Crippen LogP contribution in [0, 0.1) is 7.14 Å². The van der Waals surface area contributed by atoms with E-state index in [0.29, 0.717) is 23.7 Å². The number of halogens is 2. The molecule has 3 rings (SSSR count). The van der Waals surface area contributed by atoms with Crippen LogP contribution in [0.2, 0.25) is 0 Å². The van der Waals surface area contributed by atoms with Crippen LogP contribution in [0.4, 0.5) is 4.79 Å². The number of carboxylic acid groups (broad SMARTS) is 1. The van der Waals surface area contributed by atoms with Crippen molar-refractivity contribution in [1.82, 2.24) is 4.90 Å². The number of benzene rings is 2. The van der Waals surface area contributed by atoms with E-state index >= 15 is 0 Å². The van der Waals surface area contributed by atoms with Crippen LogP contribution in [0.5, 0.6) is 5.75 Å². The zero-order valence-corrected chi connectivity index (χ0v) is 21.9. The van der Waals surface area contributed by atoms with Crippen molar-refractivity contribution in [2.24, 2.45) is 0 Å². The predicted molar refractivity (Wildman–Crippen MR) is 137 cm³/mol. The van der Waals surface area contributed by atoms with Crippen LogP contribution in [0.25, 0.3) is 6.08 Å². The molecule has 1 heterocycles. The van der Waals surface area contributed by atoms with E-state index in [4.69, 9.17) is 9.84 Å². The van der Waals surface area contributed by atoms with E-state index < -0.39 is 5.97 Å². The molecule has 1 atom stereocenters. The monoisotopic (exact) mass is 663 g/mol. The van der Waals surface area contributed by atoms with Gasteiger partial charge in [0.2, 0.25) is 0 Å². The van der Waals surface area contributed by atoms with Gasteiger partial charge in [0.25, 0.3) is 11.1 Å². The van der Waals surface area contributed by atoms with Crippen molar-refractivity contribution in [2.75, 3.05) is 0 Å². The maximum absolute atomic E-state index is 12.6. The van der Waals surface area contributed by atoms with Gasteiger partial charge in [-0.3, -0.25) is 14.5 Å². The molecule has 1 N–H and O–H groups in total. The summed E-state index contributed by atoms with van der Waals surface area (Å²) in [5.41, 5.74) is 1.91. The van der Waals surface area contributed by atoms with Crippen molar-refractivity contribution in [1.29, 1.82) is 0 Å². The molecule has 0 aliphatic carbocycles. The first kappa shape index (κ1) is 24.1. The highest BCUT2D eigenvalue weighted by molar-refractivity contribution is 14.1. The number of hydrogen-bond donors (Lipinski definition) is 1. The Morgan fingerprint density at radius 1 is 1.19 bits per heavy atom. The highest BCUT2D eigenvalue weighted by Crippen LogP contribution is 2.36. The van der Waals surface area contributed by atoms with Gasteiger partial charge in [-0.1, -0.05) is 19.1 Å². The number of carbonyl (C=O) groups is 3. The highest BCUT2D eigenvalue weighted by atomic mass is 127. The first-order valence-corrected chi connectivity index (χ1v) is 12.4. The van der Waals surface area contributed by atoms with Gasteiger partial charge in [0.05, 0.1) is 17.6 Å². The summed E-state index contributed by atoms with van der Waals surface area (Å²) in [5.74, 6) is -0.498. The number of ether oxygens (including phenoxy) is 1. The molecule has 1 aliphatic rings. The largest absolute Gasteiger partial charge is 0.487 e. The lowest BCUT2D eigenvalue weighted by Gasteiger charge is -2.19. The molecule has 0 aromatic heterocycles. The van der Waals surface area contributed by atoms with Gasteiger partial charge in [-0.25, -0.2) is 4.79 Å². The van der Waals surface area contributed by atoms with Crippen molar-refractivity contribution in [3.05, 3.63) is 65.1 Å². The lowest BCUT2D eigenvalue weighted by atomic mass is 10.1. The first-order chi connectivity index (χ1) is 14.7. The second-order valence-electron chi connectivity index (χ2n) is 6.91.